The van der Waals surface area contributed by atoms with Crippen molar-refractivity contribution in [2.24, 2.45) is 5.41 Å². The second-order valence-electron chi connectivity index (χ2n) is 6.87. The van der Waals surface area contributed by atoms with Gasteiger partial charge in [0.05, 0.1) is 5.69 Å². The summed E-state index contributed by atoms with van der Waals surface area (Å²) in [7, 11) is 1.81. The Labute approximate surface area is 139 Å². The van der Waals surface area contributed by atoms with Gasteiger partial charge in [-0.15, -0.1) is 0 Å². The Hall–Kier alpha value is -2.02. The summed E-state index contributed by atoms with van der Waals surface area (Å²) >= 11 is 0. The van der Waals surface area contributed by atoms with Crippen LogP contribution >= 0.6 is 0 Å². The van der Waals surface area contributed by atoms with Crippen molar-refractivity contribution in [2.45, 2.75) is 40.5 Å². The van der Waals surface area contributed by atoms with E-state index in [1.807, 2.05) is 0 Å². The summed E-state index contributed by atoms with van der Waals surface area (Å²) in [6, 6.07) is 3.08. The number of nitrogens with zero attached hydrogens (tertiary/aromatic N) is 2. The minimum Gasteiger partial charge on any atom is -0.473 e. The molecular formula is C17H22F3N3O. The van der Waals surface area contributed by atoms with Gasteiger partial charge in [0, 0.05) is 30.8 Å². The molecule has 0 spiro atoms. The summed E-state index contributed by atoms with van der Waals surface area (Å²) in [6.07, 6.45) is 0. The summed E-state index contributed by atoms with van der Waals surface area (Å²) in [5.41, 5.74) is 0.698. The second kappa shape index (κ2) is 7.25. The smallest absolute Gasteiger partial charge is 0.212 e. The Morgan fingerprint density at radius 1 is 1.08 bits per heavy atom. The predicted molar refractivity (Wildman–Crippen MR) is 85.1 cm³/mol. The number of ether oxygens (including phenoxy) is 1. The Kier molecular flexibility index (Phi) is 5.54. The van der Waals surface area contributed by atoms with E-state index in [9.17, 15) is 13.2 Å². The summed E-state index contributed by atoms with van der Waals surface area (Å²) in [6.45, 7) is 7.14. The molecule has 4 nitrogen and oxygen atoms in total. The third kappa shape index (κ3) is 4.74. The van der Waals surface area contributed by atoms with Crippen molar-refractivity contribution in [3.8, 4) is 5.88 Å². The number of benzene rings is 1. The number of rotatable bonds is 6. The van der Waals surface area contributed by atoms with Gasteiger partial charge in [-0.05, 0) is 18.5 Å². The van der Waals surface area contributed by atoms with E-state index in [4.69, 9.17) is 4.74 Å². The fourth-order valence-electron chi connectivity index (χ4n) is 2.22. The molecule has 1 aromatic heterocycles. The highest BCUT2D eigenvalue weighted by atomic mass is 19.2. The fourth-order valence-corrected chi connectivity index (χ4v) is 2.22. The maximum absolute atomic E-state index is 13.7. The molecule has 132 valence electrons. The van der Waals surface area contributed by atoms with Crippen LogP contribution in [0.1, 0.15) is 32.0 Å². The van der Waals surface area contributed by atoms with Gasteiger partial charge in [-0.3, -0.25) is 0 Å². The van der Waals surface area contributed by atoms with Crippen molar-refractivity contribution in [2.75, 3.05) is 7.05 Å². The molecule has 0 aliphatic heterocycles. The summed E-state index contributed by atoms with van der Waals surface area (Å²) in [5, 5.41) is 7.45. The third-order valence-electron chi connectivity index (χ3n) is 3.24. The van der Waals surface area contributed by atoms with Gasteiger partial charge in [0.15, 0.2) is 11.6 Å². The highest BCUT2D eigenvalue weighted by molar-refractivity contribution is 5.21. The Morgan fingerprint density at radius 2 is 1.75 bits per heavy atom. The van der Waals surface area contributed by atoms with Crippen LogP contribution in [0, 0.1) is 22.9 Å². The van der Waals surface area contributed by atoms with E-state index in [-0.39, 0.29) is 17.6 Å². The number of hydrogen-bond acceptors (Lipinski definition) is 3. The van der Waals surface area contributed by atoms with Crippen LogP contribution in [0.5, 0.6) is 5.88 Å². The average molecular weight is 341 g/mol. The number of halogens is 3. The van der Waals surface area contributed by atoms with Crippen LogP contribution in [0.25, 0.3) is 0 Å². The highest BCUT2D eigenvalue weighted by Crippen LogP contribution is 2.23. The predicted octanol–water partition coefficient (Wildman–Crippen LogP) is 3.64. The third-order valence-corrected chi connectivity index (χ3v) is 3.24. The molecule has 2 aromatic rings. The lowest BCUT2D eigenvalue weighted by molar-refractivity contribution is 0.239. The second-order valence-corrected chi connectivity index (χ2v) is 6.87. The van der Waals surface area contributed by atoms with Gasteiger partial charge in [0.1, 0.15) is 12.4 Å². The molecule has 0 unspecified atom stereocenters. The quantitative estimate of drug-likeness (QED) is 0.815. The summed E-state index contributed by atoms with van der Waals surface area (Å²) < 4.78 is 47.3. The van der Waals surface area contributed by atoms with E-state index in [0.29, 0.717) is 25.0 Å². The zero-order chi connectivity index (χ0) is 17.9. The van der Waals surface area contributed by atoms with Crippen LogP contribution in [0.15, 0.2) is 18.2 Å². The number of hydrogen-bond donors (Lipinski definition) is 1. The first-order chi connectivity index (χ1) is 11.2. The van der Waals surface area contributed by atoms with Crippen LogP contribution in [0.2, 0.25) is 0 Å². The monoisotopic (exact) mass is 341 g/mol. The zero-order valence-electron chi connectivity index (χ0n) is 14.3. The standard InChI is InChI=1S/C17H22F3N3O/c1-17(2,3)10-23-16(6-12(22-23)8-21-4)24-9-11-5-14(19)15(20)7-13(11)18/h5-7,21H,8-10H2,1-4H3. The fraction of sp³-hybridized carbons (Fsp3) is 0.471. The molecule has 1 aromatic carbocycles. The van der Waals surface area contributed by atoms with Crippen LogP contribution in [0.4, 0.5) is 13.2 Å². The topological polar surface area (TPSA) is 39.1 Å². The molecule has 0 amide bonds. The lowest BCUT2D eigenvalue weighted by Crippen LogP contribution is -2.18. The molecule has 0 fully saturated rings. The summed E-state index contributed by atoms with van der Waals surface area (Å²) in [4.78, 5) is 0. The van der Waals surface area contributed by atoms with Gasteiger partial charge in [-0.1, -0.05) is 20.8 Å². The van der Waals surface area contributed by atoms with Crippen LogP contribution in [-0.4, -0.2) is 16.8 Å². The molecule has 2 rings (SSSR count). The van der Waals surface area contributed by atoms with E-state index in [1.165, 1.54) is 0 Å². The molecule has 0 atom stereocenters. The molecular weight excluding hydrogens is 319 g/mol. The van der Waals surface area contributed by atoms with Gasteiger partial charge in [0.2, 0.25) is 5.88 Å². The maximum Gasteiger partial charge on any atom is 0.212 e. The van der Waals surface area contributed by atoms with Crippen molar-refractivity contribution in [1.29, 1.82) is 0 Å². The summed E-state index contributed by atoms with van der Waals surface area (Å²) in [5.74, 6) is -2.70. The molecule has 7 heteroatoms. The van der Waals surface area contributed by atoms with Crippen LogP contribution in [0.3, 0.4) is 0 Å². The van der Waals surface area contributed by atoms with E-state index >= 15 is 0 Å². The lowest BCUT2D eigenvalue weighted by Gasteiger charge is -2.19. The van der Waals surface area contributed by atoms with Crippen LogP contribution < -0.4 is 10.1 Å². The Morgan fingerprint density at radius 3 is 2.38 bits per heavy atom. The van der Waals surface area contributed by atoms with Gasteiger partial charge in [-0.2, -0.15) is 5.10 Å². The van der Waals surface area contributed by atoms with Crippen LogP contribution in [-0.2, 0) is 19.7 Å². The number of aromatic nitrogens is 2. The minimum atomic E-state index is -1.22. The molecule has 24 heavy (non-hydrogen) atoms. The molecule has 0 aliphatic rings. The minimum absolute atomic E-state index is 0.0335. The molecule has 0 saturated carbocycles. The molecule has 0 bridgehead atoms. The van der Waals surface area contributed by atoms with E-state index < -0.39 is 17.5 Å². The first-order valence-corrected chi connectivity index (χ1v) is 7.67. The van der Waals surface area contributed by atoms with Gasteiger partial charge >= 0.3 is 0 Å². The first-order valence-electron chi connectivity index (χ1n) is 7.67. The molecule has 0 radical (unpaired) electrons. The van der Waals surface area contributed by atoms with Crippen molar-refractivity contribution in [3.63, 3.8) is 0 Å². The lowest BCUT2D eigenvalue weighted by atomic mass is 9.97. The van der Waals surface area contributed by atoms with Gasteiger partial charge in [-0.25, -0.2) is 17.9 Å². The Balaban J connectivity index is 2.20. The first kappa shape index (κ1) is 18.3. The average Bonchev–Trinajstić information content (AvgIpc) is 2.81. The van der Waals surface area contributed by atoms with Crippen molar-refractivity contribution in [3.05, 3.63) is 46.9 Å². The SMILES string of the molecule is CNCc1cc(OCc2cc(F)c(F)cc2F)n(CC(C)(C)C)n1. The zero-order valence-corrected chi connectivity index (χ0v) is 14.3. The molecule has 0 saturated heterocycles. The van der Waals surface area contributed by atoms with Crippen molar-refractivity contribution in [1.82, 2.24) is 15.1 Å². The highest BCUT2D eigenvalue weighted by Gasteiger charge is 2.18. The van der Waals surface area contributed by atoms with Crippen molar-refractivity contribution >= 4 is 0 Å². The molecule has 0 aliphatic carbocycles. The van der Waals surface area contributed by atoms with Gasteiger partial charge in [0.25, 0.3) is 0 Å². The Bertz CT molecular complexity index is 708. The maximum atomic E-state index is 13.7. The number of nitrogens with one attached hydrogen (secondary N) is 1. The van der Waals surface area contributed by atoms with E-state index in [1.54, 1.807) is 17.8 Å². The van der Waals surface area contributed by atoms with Gasteiger partial charge < -0.3 is 10.1 Å². The van der Waals surface area contributed by atoms with Crippen molar-refractivity contribution < 1.29 is 17.9 Å². The largest absolute Gasteiger partial charge is 0.473 e. The molecule has 1 heterocycles. The molecule has 1 N–H and O–H groups in total. The van der Waals surface area contributed by atoms with E-state index in [0.717, 1.165) is 11.8 Å². The normalized spacial score (nSPS) is 11.8. The van der Waals surface area contributed by atoms with E-state index in [2.05, 4.69) is 31.2 Å².